The molecular weight excluding hydrogens is 290 g/mol. The Morgan fingerprint density at radius 3 is 2.78 bits per heavy atom. The van der Waals surface area contributed by atoms with Crippen LogP contribution in [0.2, 0.25) is 0 Å². The van der Waals surface area contributed by atoms with E-state index < -0.39 is 0 Å². The number of rotatable bonds is 5. The van der Waals surface area contributed by atoms with Crippen LogP contribution in [0.25, 0.3) is 0 Å². The molecule has 7 heteroatoms. The highest BCUT2D eigenvalue weighted by molar-refractivity contribution is 5.02. The maximum atomic E-state index is 4.72. The number of aromatic amines is 1. The largest absolute Gasteiger partial charge is 0.286 e. The van der Waals surface area contributed by atoms with Crippen molar-refractivity contribution in [2.75, 3.05) is 6.54 Å². The van der Waals surface area contributed by atoms with Gasteiger partial charge in [0.25, 0.3) is 0 Å². The highest BCUT2D eigenvalue weighted by Crippen LogP contribution is 2.30. The van der Waals surface area contributed by atoms with Crippen molar-refractivity contribution in [1.82, 2.24) is 34.8 Å². The van der Waals surface area contributed by atoms with E-state index >= 15 is 0 Å². The topological polar surface area (TPSA) is 75.5 Å². The lowest BCUT2D eigenvalue weighted by atomic mass is 10.0. The van der Waals surface area contributed by atoms with Crippen molar-refractivity contribution in [3.05, 3.63) is 23.8 Å². The smallest absolute Gasteiger partial charge is 0.153 e. The van der Waals surface area contributed by atoms with Crippen molar-refractivity contribution in [3.63, 3.8) is 0 Å². The monoisotopic (exact) mass is 317 g/mol. The van der Waals surface area contributed by atoms with Crippen LogP contribution in [0.15, 0.2) is 6.33 Å². The van der Waals surface area contributed by atoms with E-state index in [0.29, 0.717) is 18.0 Å². The summed E-state index contributed by atoms with van der Waals surface area (Å²) in [5.74, 6) is 3.26. The van der Waals surface area contributed by atoms with Crippen LogP contribution in [0.5, 0.6) is 0 Å². The third-order valence-corrected chi connectivity index (χ3v) is 4.45. The first kappa shape index (κ1) is 16.1. The third-order valence-electron chi connectivity index (χ3n) is 4.45. The van der Waals surface area contributed by atoms with Crippen LogP contribution < -0.4 is 0 Å². The Labute approximate surface area is 137 Å². The standard InChI is InChI=1S/C16H27N7/c1-11(2)15-19-16(21-20-15)13-7-5-6-8-22(13)9-14-17-10-18-23(14)12(3)4/h10-13H,5-9H2,1-4H3,(H,19,20,21)/t13-/m1/s1. The first-order chi connectivity index (χ1) is 11.1. The van der Waals surface area contributed by atoms with Gasteiger partial charge in [-0.15, -0.1) is 0 Å². The van der Waals surface area contributed by atoms with Crippen LogP contribution in [0.1, 0.15) is 82.4 Å². The predicted octanol–water partition coefficient (Wildman–Crippen LogP) is 2.83. The van der Waals surface area contributed by atoms with Gasteiger partial charge in [-0.2, -0.15) is 10.2 Å². The van der Waals surface area contributed by atoms with Crippen LogP contribution in [-0.2, 0) is 6.54 Å². The summed E-state index contributed by atoms with van der Waals surface area (Å²) in [5, 5.41) is 11.9. The van der Waals surface area contributed by atoms with Crippen molar-refractivity contribution in [3.8, 4) is 0 Å². The highest BCUT2D eigenvalue weighted by Gasteiger charge is 2.28. The van der Waals surface area contributed by atoms with E-state index in [-0.39, 0.29) is 0 Å². The fourth-order valence-electron chi connectivity index (χ4n) is 3.19. The van der Waals surface area contributed by atoms with Crippen LogP contribution in [0.4, 0.5) is 0 Å². The number of hydrogen-bond donors (Lipinski definition) is 1. The van der Waals surface area contributed by atoms with E-state index in [2.05, 4.69) is 52.9 Å². The molecule has 2 aromatic heterocycles. The van der Waals surface area contributed by atoms with E-state index in [9.17, 15) is 0 Å². The molecule has 0 bridgehead atoms. The SMILES string of the molecule is CC(C)c1n[nH]c([C@H]2CCCCN2Cc2ncnn2C(C)C)n1. The maximum Gasteiger partial charge on any atom is 0.153 e. The molecule has 23 heavy (non-hydrogen) atoms. The fourth-order valence-corrected chi connectivity index (χ4v) is 3.19. The molecule has 0 aliphatic carbocycles. The van der Waals surface area contributed by atoms with Gasteiger partial charge in [-0.25, -0.2) is 14.6 Å². The molecule has 1 aliphatic heterocycles. The molecule has 126 valence electrons. The Bertz CT molecular complexity index is 628. The summed E-state index contributed by atoms with van der Waals surface area (Å²) in [7, 11) is 0. The van der Waals surface area contributed by atoms with Gasteiger partial charge in [0.05, 0.1) is 12.6 Å². The van der Waals surface area contributed by atoms with E-state index in [1.807, 2.05) is 4.68 Å². The zero-order valence-corrected chi connectivity index (χ0v) is 14.5. The molecule has 1 saturated heterocycles. The Morgan fingerprint density at radius 2 is 2.09 bits per heavy atom. The normalized spacial score (nSPS) is 19.8. The second-order valence-corrected chi connectivity index (χ2v) is 6.93. The minimum atomic E-state index is 0.293. The molecular formula is C16H27N7. The van der Waals surface area contributed by atoms with Gasteiger partial charge in [0.15, 0.2) is 5.82 Å². The molecule has 1 fully saturated rings. The Hall–Kier alpha value is -1.76. The lowest BCUT2D eigenvalue weighted by molar-refractivity contribution is 0.127. The number of nitrogens with one attached hydrogen (secondary N) is 1. The van der Waals surface area contributed by atoms with E-state index in [0.717, 1.165) is 37.0 Å². The molecule has 0 unspecified atom stereocenters. The van der Waals surface area contributed by atoms with Gasteiger partial charge in [-0.3, -0.25) is 10.00 Å². The van der Waals surface area contributed by atoms with Crippen molar-refractivity contribution >= 4 is 0 Å². The third kappa shape index (κ3) is 3.44. The number of hydrogen-bond acceptors (Lipinski definition) is 5. The van der Waals surface area contributed by atoms with Crippen LogP contribution in [-0.4, -0.2) is 41.4 Å². The Morgan fingerprint density at radius 1 is 1.26 bits per heavy atom. The average molecular weight is 317 g/mol. The van der Waals surface area contributed by atoms with Crippen LogP contribution >= 0.6 is 0 Å². The molecule has 0 spiro atoms. The summed E-state index contributed by atoms with van der Waals surface area (Å²) in [4.78, 5) is 11.6. The van der Waals surface area contributed by atoms with Gasteiger partial charge >= 0.3 is 0 Å². The quantitative estimate of drug-likeness (QED) is 0.917. The highest BCUT2D eigenvalue weighted by atomic mass is 15.4. The van der Waals surface area contributed by atoms with Crippen molar-refractivity contribution in [2.45, 2.75) is 71.5 Å². The van der Waals surface area contributed by atoms with Crippen molar-refractivity contribution < 1.29 is 0 Å². The molecule has 0 saturated carbocycles. The molecule has 3 rings (SSSR count). The summed E-state index contributed by atoms with van der Waals surface area (Å²) in [5.41, 5.74) is 0. The minimum Gasteiger partial charge on any atom is -0.286 e. The Balaban J connectivity index is 1.79. The van der Waals surface area contributed by atoms with Gasteiger partial charge in [-0.05, 0) is 33.2 Å². The first-order valence-corrected chi connectivity index (χ1v) is 8.61. The van der Waals surface area contributed by atoms with Gasteiger partial charge in [0, 0.05) is 12.0 Å². The molecule has 7 nitrogen and oxygen atoms in total. The van der Waals surface area contributed by atoms with Crippen LogP contribution in [0, 0.1) is 0 Å². The summed E-state index contributed by atoms with van der Waals surface area (Å²) in [6.45, 7) is 10.4. The molecule has 0 aromatic carbocycles. The number of nitrogens with zero attached hydrogens (tertiary/aromatic N) is 6. The molecule has 1 N–H and O–H groups in total. The van der Waals surface area contributed by atoms with Gasteiger partial charge in [0.2, 0.25) is 0 Å². The van der Waals surface area contributed by atoms with E-state index in [4.69, 9.17) is 4.98 Å². The first-order valence-electron chi connectivity index (χ1n) is 8.61. The van der Waals surface area contributed by atoms with Gasteiger partial charge in [0.1, 0.15) is 18.0 Å². The molecule has 3 heterocycles. The predicted molar refractivity (Wildman–Crippen MR) is 87.9 cm³/mol. The van der Waals surface area contributed by atoms with E-state index in [1.165, 1.54) is 12.8 Å². The molecule has 1 atom stereocenters. The molecule has 0 amide bonds. The lowest BCUT2D eigenvalue weighted by Crippen LogP contribution is -2.34. The van der Waals surface area contributed by atoms with Gasteiger partial charge < -0.3 is 0 Å². The zero-order chi connectivity index (χ0) is 16.4. The second kappa shape index (κ2) is 6.78. The summed E-state index contributed by atoms with van der Waals surface area (Å²) in [6.07, 6.45) is 5.22. The van der Waals surface area contributed by atoms with E-state index in [1.54, 1.807) is 6.33 Å². The number of H-pyrrole nitrogens is 1. The number of piperidine rings is 1. The summed E-state index contributed by atoms with van der Waals surface area (Å²) in [6, 6.07) is 0.620. The van der Waals surface area contributed by atoms with Crippen molar-refractivity contribution in [1.29, 1.82) is 0 Å². The summed E-state index contributed by atoms with van der Waals surface area (Å²) < 4.78 is 2.01. The molecule has 2 aromatic rings. The maximum absolute atomic E-state index is 4.72. The lowest BCUT2D eigenvalue weighted by Gasteiger charge is -2.34. The Kier molecular flexibility index (Phi) is 4.75. The number of likely N-dealkylation sites (tertiary alicyclic amines) is 1. The second-order valence-electron chi connectivity index (χ2n) is 6.93. The molecule has 1 aliphatic rings. The average Bonchev–Trinajstić information content (AvgIpc) is 3.16. The van der Waals surface area contributed by atoms with Crippen molar-refractivity contribution in [2.24, 2.45) is 0 Å². The van der Waals surface area contributed by atoms with Crippen LogP contribution in [0.3, 0.4) is 0 Å². The fraction of sp³-hybridized carbons (Fsp3) is 0.750. The molecule has 0 radical (unpaired) electrons. The number of aromatic nitrogens is 6. The summed E-state index contributed by atoms with van der Waals surface area (Å²) >= 11 is 0. The minimum absolute atomic E-state index is 0.293. The zero-order valence-electron chi connectivity index (χ0n) is 14.5. The van der Waals surface area contributed by atoms with Gasteiger partial charge in [-0.1, -0.05) is 20.3 Å².